The monoisotopic (exact) mass is 491 g/mol. The maximum absolute atomic E-state index is 13.1. The second-order valence-corrected chi connectivity index (χ2v) is 11.2. The summed E-state index contributed by atoms with van der Waals surface area (Å²) in [6.45, 7) is 0. The summed E-state index contributed by atoms with van der Waals surface area (Å²) in [4.78, 5) is 10.9. The number of halogens is 1. The van der Waals surface area contributed by atoms with Crippen LogP contribution in [0.2, 0.25) is 5.02 Å². The first-order valence-corrected chi connectivity index (χ1v) is 13.8. The zero-order valence-electron chi connectivity index (χ0n) is 19.0. The fourth-order valence-corrected chi connectivity index (χ4v) is 5.99. The Morgan fingerprint density at radius 1 is 1.00 bits per heavy atom. The van der Waals surface area contributed by atoms with E-state index in [4.69, 9.17) is 16.7 Å². The smallest absolute Gasteiger partial charge is 0.303 e. The quantitative estimate of drug-likeness (QED) is 0.354. The van der Waals surface area contributed by atoms with Gasteiger partial charge in [-0.15, -0.1) is 0 Å². The van der Waals surface area contributed by atoms with E-state index in [1.165, 1.54) is 44.2 Å². The molecule has 0 amide bonds. The summed E-state index contributed by atoms with van der Waals surface area (Å²) in [5.74, 6) is -0.0369. The lowest BCUT2D eigenvalue weighted by Crippen LogP contribution is -2.29. The van der Waals surface area contributed by atoms with Crippen molar-refractivity contribution in [3.63, 3.8) is 0 Å². The van der Waals surface area contributed by atoms with Gasteiger partial charge in [-0.25, -0.2) is 13.1 Å². The highest BCUT2D eigenvalue weighted by Gasteiger charge is 2.22. The van der Waals surface area contributed by atoms with E-state index in [-0.39, 0.29) is 17.4 Å². The first-order chi connectivity index (χ1) is 15.8. The lowest BCUT2D eigenvalue weighted by molar-refractivity contribution is -0.137. The van der Waals surface area contributed by atoms with Crippen LogP contribution in [0, 0.1) is 5.92 Å². The van der Waals surface area contributed by atoms with Crippen molar-refractivity contribution in [2.24, 2.45) is 5.92 Å². The molecule has 0 spiro atoms. The second kappa shape index (κ2) is 12.5. The molecule has 3 rings (SSSR count). The fourth-order valence-electron chi connectivity index (χ4n) is 4.61. The van der Waals surface area contributed by atoms with Crippen LogP contribution in [-0.2, 0) is 21.2 Å². The predicted molar refractivity (Wildman–Crippen MR) is 132 cm³/mol. The summed E-state index contributed by atoms with van der Waals surface area (Å²) in [7, 11) is -3.69. The van der Waals surface area contributed by atoms with Crippen molar-refractivity contribution < 1.29 is 18.3 Å². The molecule has 1 aliphatic rings. The number of rotatable bonds is 12. The number of benzene rings is 2. The number of sulfonamides is 1. The van der Waals surface area contributed by atoms with Crippen LogP contribution in [0.4, 0.5) is 0 Å². The van der Waals surface area contributed by atoms with E-state index >= 15 is 0 Å². The minimum absolute atomic E-state index is 0.145. The zero-order valence-corrected chi connectivity index (χ0v) is 20.6. The van der Waals surface area contributed by atoms with E-state index in [1.54, 1.807) is 12.1 Å². The molecule has 5 nitrogen and oxygen atoms in total. The highest BCUT2D eigenvalue weighted by Crippen LogP contribution is 2.30. The van der Waals surface area contributed by atoms with Crippen molar-refractivity contribution in [3.8, 4) is 0 Å². The van der Waals surface area contributed by atoms with Crippen molar-refractivity contribution in [1.29, 1.82) is 0 Å². The Morgan fingerprint density at radius 3 is 2.30 bits per heavy atom. The molecule has 1 aliphatic carbocycles. The fraction of sp³-hybridized carbons (Fsp3) is 0.500. The predicted octanol–water partition coefficient (Wildman–Crippen LogP) is 6.52. The molecule has 7 heteroatoms. The largest absolute Gasteiger partial charge is 0.481 e. The third-order valence-electron chi connectivity index (χ3n) is 6.49. The lowest BCUT2D eigenvalue weighted by Gasteiger charge is -2.24. The molecular weight excluding hydrogens is 458 g/mol. The van der Waals surface area contributed by atoms with Gasteiger partial charge >= 0.3 is 5.97 Å². The van der Waals surface area contributed by atoms with Gasteiger partial charge in [-0.3, -0.25) is 4.79 Å². The molecule has 0 heterocycles. The van der Waals surface area contributed by atoms with Gasteiger partial charge in [0.2, 0.25) is 10.0 Å². The van der Waals surface area contributed by atoms with Gasteiger partial charge < -0.3 is 5.11 Å². The molecule has 33 heavy (non-hydrogen) atoms. The van der Waals surface area contributed by atoms with E-state index < -0.39 is 16.0 Å². The Balaban J connectivity index is 1.70. The van der Waals surface area contributed by atoms with Gasteiger partial charge in [-0.1, -0.05) is 80.8 Å². The average molecular weight is 492 g/mol. The Labute approximate surface area is 202 Å². The second-order valence-electron chi connectivity index (χ2n) is 9.05. The van der Waals surface area contributed by atoms with Gasteiger partial charge in [0.25, 0.3) is 0 Å². The Morgan fingerprint density at radius 2 is 1.67 bits per heavy atom. The minimum Gasteiger partial charge on any atom is -0.481 e. The molecule has 0 aliphatic heterocycles. The number of aryl methyl sites for hydroxylation is 1. The van der Waals surface area contributed by atoms with Gasteiger partial charge in [-0.2, -0.15) is 0 Å². The van der Waals surface area contributed by atoms with Crippen molar-refractivity contribution in [2.75, 3.05) is 0 Å². The molecule has 0 aromatic heterocycles. The van der Waals surface area contributed by atoms with Gasteiger partial charge in [0, 0.05) is 17.5 Å². The molecule has 1 atom stereocenters. The van der Waals surface area contributed by atoms with Crippen LogP contribution in [0.3, 0.4) is 0 Å². The van der Waals surface area contributed by atoms with Crippen LogP contribution >= 0.6 is 11.6 Å². The van der Waals surface area contributed by atoms with Gasteiger partial charge in [0.15, 0.2) is 0 Å². The number of nitrogens with one attached hydrogen (secondary N) is 1. The number of carbonyl (C=O) groups is 1. The average Bonchev–Trinajstić information content (AvgIpc) is 2.80. The van der Waals surface area contributed by atoms with Crippen molar-refractivity contribution in [2.45, 2.75) is 81.6 Å². The van der Waals surface area contributed by atoms with Crippen LogP contribution in [0.15, 0.2) is 53.4 Å². The first kappa shape index (κ1) is 25.7. The summed E-state index contributed by atoms with van der Waals surface area (Å²) in [6.07, 6.45) is 10.8. The van der Waals surface area contributed by atoms with Gasteiger partial charge in [0.1, 0.15) is 0 Å². The highest BCUT2D eigenvalue weighted by atomic mass is 35.5. The Hall–Kier alpha value is -1.89. The van der Waals surface area contributed by atoms with Crippen molar-refractivity contribution in [3.05, 3.63) is 64.7 Å². The number of hydrogen-bond donors (Lipinski definition) is 2. The molecule has 2 N–H and O–H groups in total. The van der Waals surface area contributed by atoms with Crippen LogP contribution in [0.1, 0.15) is 81.4 Å². The van der Waals surface area contributed by atoms with Gasteiger partial charge in [0.05, 0.1) is 4.90 Å². The summed E-state index contributed by atoms with van der Waals surface area (Å²) in [6, 6.07) is 13.8. The molecule has 1 saturated carbocycles. The third kappa shape index (κ3) is 8.43. The number of hydrogen-bond acceptors (Lipinski definition) is 3. The number of aliphatic carboxylic acids is 1. The molecule has 2 aromatic carbocycles. The summed E-state index contributed by atoms with van der Waals surface area (Å²) < 4.78 is 29.0. The molecule has 2 aromatic rings. The maximum atomic E-state index is 13.1. The summed E-state index contributed by atoms with van der Waals surface area (Å²) in [5, 5.41) is 9.33. The Kier molecular flexibility index (Phi) is 9.78. The SMILES string of the molecule is O=C(O)CCCc1ccc(C(CCCC2CCCCC2)NS(=O)(=O)c2ccc(Cl)cc2)cc1. The summed E-state index contributed by atoms with van der Waals surface area (Å²) >= 11 is 5.93. The number of carboxylic acid groups (broad SMARTS) is 1. The zero-order chi connectivity index (χ0) is 23.7. The third-order valence-corrected chi connectivity index (χ3v) is 8.23. The molecule has 1 unspecified atom stereocenters. The first-order valence-electron chi connectivity index (χ1n) is 11.9. The maximum Gasteiger partial charge on any atom is 0.303 e. The van der Waals surface area contributed by atoms with E-state index in [1.807, 2.05) is 24.3 Å². The Bertz CT molecular complexity index is 984. The van der Waals surface area contributed by atoms with Crippen molar-refractivity contribution in [1.82, 2.24) is 4.72 Å². The minimum atomic E-state index is -3.69. The van der Waals surface area contributed by atoms with Crippen LogP contribution < -0.4 is 4.72 Å². The van der Waals surface area contributed by atoms with Crippen LogP contribution in [0.25, 0.3) is 0 Å². The van der Waals surface area contributed by atoms with Crippen molar-refractivity contribution >= 4 is 27.6 Å². The lowest BCUT2D eigenvalue weighted by atomic mass is 9.85. The summed E-state index contributed by atoms with van der Waals surface area (Å²) in [5.41, 5.74) is 1.99. The molecular formula is C26H34ClNO4S. The normalized spacial score (nSPS) is 15.9. The molecule has 0 radical (unpaired) electrons. The van der Waals surface area contributed by atoms with E-state index in [2.05, 4.69) is 4.72 Å². The van der Waals surface area contributed by atoms with E-state index in [0.29, 0.717) is 17.9 Å². The standard InChI is InChI=1S/C26H34ClNO4S/c27-23-16-18-24(19-17-23)33(31,32)28-25(10-4-8-20-6-2-1-3-7-20)22-14-12-21(13-15-22)9-5-11-26(29)30/h12-20,25,28H,1-11H2,(H,29,30). The van der Waals surface area contributed by atoms with E-state index in [9.17, 15) is 13.2 Å². The molecule has 0 saturated heterocycles. The van der Waals surface area contributed by atoms with Gasteiger partial charge in [-0.05, 0) is 60.6 Å². The van der Waals surface area contributed by atoms with Crippen LogP contribution in [0.5, 0.6) is 0 Å². The van der Waals surface area contributed by atoms with E-state index in [0.717, 1.165) is 36.3 Å². The highest BCUT2D eigenvalue weighted by molar-refractivity contribution is 7.89. The molecule has 0 bridgehead atoms. The molecule has 1 fully saturated rings. The molecule has 180 valence electrons. The van der Waals surface area contributed by atoms with Crippen LogP contribution in [-0.4, -0.2) is 19.5 Å². The topological polar surface area (TPSA) is 83.5 Å². The number of carboxylic acids is 1.